The van der Waals surface area contributed by atoms with Gasteiger partial charge in [0.1, 0.15) is 17.3 Å². The van der Waals surface area contributed by atoms with Crippen LogP contribution in [0, 0.1) is 12.7 Å². The monoisotopic (exact) mass is 287 g/mol. The predicted molar refractivity (Wildman–Crippen MR) is 84.3 cm³/mol. The molecule has 0 aromatic heterocycles. The van der Waals surface area contributed by atoms with Crippen LogP contribution in [0.3, 0.4) is 0 Å². The van der Waals surface area contributed by atoms with E-state index in [0.29, 0.717) is 16.9 Å². The fraction of sp³-hybridized carbons (Fsp3) is 0.333. The van der Waals surface area contributed by atoms with Gasteiger partial charge in [0, 0.05) is 11.6 Å². The topological polar surface area (TPSA) is 35.2 Å². The molecule has 0 bridgehead atoms. The Morgan fingerprint density at radius 3 is 2.43 bits per heavy atom. The molecule has 0 saturated carbocycles. The summed E-state index contributed by atoms with van der Waals surface area (Å²) in [5, 5.41) is 0. The molecule has 112 valence electrons. The third-order valence-electron chi connectivity index (χ3n) is 3.47. The van der Waals surface area contributed by atoms with E-state index in [9.17, 15) is 4.39 Å². The largest absolute Gasteiger partial charge is 0.457 e. The Labute approximate surface area is 125 Å². The zero-order valence-corrected chi connectivity index (χ0v) is 12.8. The van der Waals surface area contributed by atoms with E-state index in [-0.39, 0.29) is 11.9 Å². The second kappa shape index (κ2) is 6.72. The van der Waals surface area contributed by atoms with Gasteiger partial charge in [-0.1, -0.05) is 25.5 Å². The first-order chi connectivity index (χ1) is 10.0. The normalized spacial score (nSPS) is 12.2. The highest BCUT2D eigenvalue weighted by atomic mass is 19.1. The van der Waals surface area contributed by atoms with Crippen LogP contribution in [-0.4, -0.2) is 0 Å². The summed E-state index contributed by atoms with van der Waals surface area (Å²) in [6.45, 7) is 5.69. The molecule has 0 saturated heterocycles. The highest BCUT2D eigenvalue weighted by molar-refractivity contribution is 5.43. The van der Waals surface area contributed by atoms with Crippen LogP contribution in [-0.2, 0) is 6.42 Å². The zero-order valence-electron chi connectivity index (χ0n) is 12.8. The second-order valence-corrected chi connectivity index (χ2v) is 5.42. The summed E-state index contributed by atoms with van der Waals surface area (Å²) in [5.41, 5.74) is 8.42. The van der Waals surface area contributed by atoms with Crippen LogP contribution in [0.2, 0.25) is 0 Å². The lowest BCUT2D eigenvalue weighted by molar-refractivity contribution is 0.468. The maximum absolute atomic E-state index is 13.7. The summed E-state index contributed by atoms with van der Waals surface area (Å²) in [4.78, 5) is 0. The molecule has 2 aromatic carbocycles. The van der Waals surface area contributed by atoms with Crippen molar-refractivity contribution in [3.63, 3.8) is 0 Å². The smallest absolute Gasteiger partial charge is 0.132 e. The van der Waals surface area contributed by atoms with E-state index < -0.39 is 0 Å². The van der Waals surface area contributed by atoms with E-state index in [1.54, 1.807) is 13.0 Å². The first kappa shape index (κ1) is 15.5. The van der Waals surface area contributed by atoms with Gasteiger partial charge in [-0.25, -0.2) is 4.39 Å². The van der Waals surface area contributed by atoms with Crippen LogP contribution in [0.1, 0.15) is 43.0 Å². The Kier molecular flexibility index (Phi) is 4.97. The minimum atomic E-state index is -0.283. The van der Waals surface area contributed by atoms with Gasteiger partial charge in [-0.05, 0) is 55.7 Å². The molecule has 21 heavy (non-hydrogen) atoms. The Bertz CT molecular complexity index is 605. The summed E-state index contributed by atoms with van der Waals surface area (Å²) in [6.07, 6.45) is 2.17. The molecule has 0 spiro atoms. The van der Waals surface area contributed by atoms with Gasteiger partial charge in [0.2, 0.25) is 0 Å². The van der Waals surface area contributed by atoms with Crippen LogP contribution in [0.25, 0.3) is 0 Å². The predicted octanol–water partition coefficient (Wildman–Crippen LogP) is 4.90. The second-order valence-electron chi connectivity index (χ2n) is 5.42. The lowest BCUT2D eigenvalue weighted by Gasteiger charge is -2.15. The van der Waals surface area contributed by atoms with E-state index in [4.69, 9.17) is 10.5 Å². The number of benzene rings is 2. The van der Waals surface area contributed by atoms with E-state index in [2.05, 4.69) is 19.1 Å². The highest BCUT2D eigenvalue weighted by Gasteiger charge is 2.13. The third-order valence-corrected chi connectivity index (χ3v) is 3.47. The van der Waals surface area contributed by atoms with Crippen molar-refractivity contribution < 1.29 is 9.13 Å². The average Bonchev–Trinajstić information content (AvgIpc) is 2.44. The quantitative estimate of drug-likeness (QED) is 0.849. The number of aryl methyl sites for hydroxylation is 2. The van der Waals surface area contributed by atoms with Gasteiger partial charge in [0.25, 0.3) is 0 Å². The fourth-order valence-electron chi connectivity index (χ4n) is 2.25. The molecule has 0 fully saturated rings. The minimum absolute atomic E-state index is 0.257. The highest BCUT2D eigenvalue weighted by Crippen LogP contribution is 2.31. The zero-order chi connectivity index (χ0) is 15.4. The number of ether oxygens (including phenoxy) is 1. The molecule has 0 aliphatic heterocycles. The number of nitrogens with two attached hydrogens (primary N) is 1. The lowest BCUT2D eigenvalue weighted by atomic mass is 10.0. The molecule has 2 nitrogen and oxygen atoms in total. The van der Waals surface area contributed by atoms with Crippen molar-refractivity contribution in [2.45, 2.75) is 39.7 Å². The first-order valence-electron chi connectivity index (χ1n) is 7.33. The van der Waals surface area contributed by atoms with E-state index in [1.807, 2.05) is 19.1 Å². The van der Waals surface area contributed by atoms with E-state index >= 15 is 0 Å². The average molecular weight is 287 g/mol. The molecule has 0 aliphatic rings. The molecule has 2 aromatic rings. The van der Waals surface area contributed by atoms with Crippen molar-refractivity contribution in [3.8, 4) is 11.5 Å². The number of rotatable bonds is 5. The Balaban J connectivity index is 2.28. The van der Waals surface area contributed by atoms with E-state index in [1.165, 1.54) is 11.6 Å². The fourth-order valence-corrected chi connectivity index (χ4v) is 2.25. The summed E-state index contributed by atoms with van der Waals surface area (Å²) in [5.74, 6) is 1.10. The van der Waals surface area contributed by atoms with Crippen LogP contribution >= 0.6 is 0 Å². The van der Waals surface area contributed by atoms with Crippen LogP contribution in [0.4, 0.5) is 4.39 Å². The molecule has 0 amide bonds. The van der Waals surface area contributed by atoms with Crippen molar-refractivity contribution in [2.24, 2.45) is 5.73 Å². The van der Waals surface area contributed by atoms with Crippen molar-refractivity contribution in [3.05, 3.63) is 58.9 Å². The van der Waals surface area contributed by atoms with Gasteiger partial charge < -0.3 is 10.5 Å². The SMILES string of the molecule is CCCc1ccc(Oc2cc(C)c(F)cc2[C@@H](C)N)cc1. The van der Waals surface area contributed by atoms with Gasteiger partial charge in [0.15, 0.2) is 0 Å². The Morgan fingerprint density at radius 2 is 1.86 bits per heavy atom. The molecule has 0 unspecified atom stereocenters. The lowest BCUT2D eigenvalue weighted by Crippen LogP contribution is -2.08. The molecule has 0 aliphatic carbocycles. The number of hydrogen-bond donors (Lipinski definition) is 1. The molecular formula is C18H22FNO. The third kappa shape index (κ3) is 3.82. The number of halogens is 1. The van der Waals surface area contributed by atoms with E-state index in [0.717, 1.165) is 18.6 Å². The maximum Gasteiger partial charge on any atom is 0.132 e. The van der Waals surface area contributed by atoms with Crippen molar-refractivity contribution in [1.29, 1.82) is 0 Å². The Hall–Kier alpha value is -1.87. The van der Waals surface area contributed by atoms with Crippen molar-refractivity contribution in [2.75, 3.05) is 0 Å². The maximum atomic E-state index is 13.7. The molecule has 2 N–H and O–H groups in total. The van der Waals surface area contributed by atoms with Crippen LogP contribution in [0.15, 0.2) is 36.4 Å². The molecule has 0 heterocycles. The van der Waals surface area contributed by atoms with Crippen LogP contribution in [0.5, 0.6) is 11.5 Å². The molecule has 1 atom stereocenters. The summed E-state index contributed by atoms with van der Waals surface area (Å²) in [6, 6.07) is 10.9. The van der Waals surface area contributed by atoms with Gasteiger partial charge >= 0.3 is 0 Å². The summed E-state index contributed by atoms with van der Waals surface area (Å²) < 4.78 is 19.6. The van der Waals surface area contributed by atoms with Gasteiger partial charge in [0.05, 0.1) is 0 Å². The first-order valence-corrected chi connectivity index (χ1v) is 7.33. The summed E-state index contributed by atoms with van der Waals surface area (Å²) >= 11 is 0. The standard InChI is InChI=1S/C18H22FNO/c1-4-5-14-6-8-15(9-7-14)21-18-10-12(2)17(19)11-16(18)13(3)20/h6-11,13H,4-5,20H2,1-3H3/t13-/m1/s1. The summed E-state index contributed by atoms with van der Waals surface area (Å²) in [7, 11) is 0. The van der Waals surface area contributed by atoms with Gasteiger partial charge in [-0.3, -0.25) is 0 Å². The van der Waals surface area contributed by atoms with Gasteiger partial charge in [-0.15, -0.1) is 0 Å². The van der Waals surface area contributed by atoms with Crippen molar-refractivity contribution in [1.82, 2.24) is 0 Å². The minimum Gasteiger partial charge on any atom is -0.457 e. The van der Waals surface area contributed by atoms with Gasteiger partial charge in [-0.2, -0.15) is 0 Å². The molecular weight excluding hydrogens is 265 g/mol. The Morgan fingerprint density at radius 1 is 1.19 bits per heavy atom. The van der Waals surface area contributed by atoms with Crippen molar-refractivity contribution >= 4 is 0 Å². The molecule has 2 rings (SSSR count). The van der Waals surface area contributed by atoms with Crippen LogP contribution < -0.4 is 10.5 Å². The molecule has 3 heteroatoms. The number of hydrogen-bond acceptors (Lipinski definition) is 2. The molecule has 0 radical (unpaired) electrons.